The van der Waals surface area contributed by atoms with Gasteiger partial charge < -0.3 is 10.5 Å². The molecule has 1 aromatic rings. The Morgan fingerprint density at radius 2 is 2.06 bits per heavy atom. The number of nitrogens with two attached hydrogens (primary N) is 1. The molecule has 6 heteroatoms. The molecule has 0 saturated heterocycles. The summed E-state index contributed by atoms with van der Waals surface area (Å²) in [5, 5.41) is 4.01. The van der Waals surface area contributed by atoms with Gasteiger partial charge in [0.25, 0.3) is 0 Å². The molecular weight excluding hydrogens is 234 g/mol. The van der Waals surface area contributed by atoms with E-state index in [2.05, 4.69) is 5.10 Å². The van der Waals surface area contributed by atoms with Gasteiger partial charge in [-0.15, -0.1) is 0 Å². The number of aryl methyl sites for hydroxylation is 1. The van der Waals surface area contributed by atoms with E-state index < -0.39 is 5.97 Å². The van der Waals surface area contributed by atoms with Gasteiger partial charge in [-0.1, -0.05) is 13.8 Å². The van der Waals surface area contributed by atoms with Gasteiger partial charge in [-0.2, -0.15) is 9.78 Å². The summed E-state index contributed by atoms with van der Waals surface area (Å²) in [5.41, 5.74) is 6.37. The highest BCUT2D eigenvalue weighted by Crippen LogP contribution is 2.18. The summed E-state index contributed by atoms with van der Waals surface area (Å²) in [7, 11) is 0. The van der Waals surface area contributed by atoms with Gasteiger partial charge in [-0.05, 0) is 19.8 Å². The highest BCUT2D eigenvalue weighted by Gasteiger charge is 2.23. The molecule has 1 heterocycles. The average Bonchev–Trinajstić information content (AvgIpc) is 2.53. The monoisotopic (exact) mass is 253 g/mol. The molecule has 0 unspecified atom stereocenters. The zero-order valence-electron chi connectivity index (χ0n) is 11.2. The molecule has 0 amide bonds. The topological polar surface area (TPSA) is 87.2 Å². The van der Waals surface area contributed by atoms with E-state index in [0.717, 1.165) is 4.68 Å². The van der Waals surface area contributed by atoms with Crippen LogP contribution < -0.4 is 5.73 Å². The number of aromatic nitrogens is 2. The van der Waals surface area contributed by atoms with Crippen molar-refractivity contribution in [2.24, 2.45) is 5.92 Å². The lowest BCUT2D eigenvalue weighted by molar-refractivity contribution is 0.0527. The lowest BCUT2D eigenvalue weighted by Crippen LogP contribution is -2.18. The lowest BCUT2D eigenvalue weighted by Gasteiger charge is -2.05. The second kappa shape index (κ2) is 5.66. The number of esters is 1. The van der Waals surface area contributed by atoms with E-state index in [1.807, 2.05) is 13.8 Å². The van der Waals surface area contributed by atoms with Crippen molar-refractivity contribution in [1.82, 2.24) is 9.78 Å². The van der Waals surface area contributed by atoms with Crippen LogP contribution in [0.25, 0.3) is 0 Å². The van der Waals surface area contributed by atoms with Crippen molar-refractivity contribution < 1.29 is 14.3 Å². The van der Waals surface area contributed by atoms with E-state index in [1.165, 1.54) is 0 Å². The van der Waals surface area contributed by atoms with Crippen LogP contribution in [0, 0.1) is 12.8 Å². The number of anilines is 1. The standard InChI is InChI=1S/C12H19N3O3/c1-5-18-12(17)10-8(4)14-15(11(10)13)9(16)6-7(2)3/h7H,5-6,13H2,1-4H3. The fourth-order valence-corrected chi connectivity index (χ4v) is 1.63. The second-order valence-corrected chi connectivity index (χ2v) is 4.47. The molecule has 0 atom stereocenters. The van der Waals surface area contributed by atoms with Crippen molar-refractivity contribution in [2.75, 3.05) is 12.3 Å². The van der Waals surface area contributed by atoms with Crippen molar-refractivity contribution in [3.05, 3.63) is 11.3 Å². The average molecular weight is 253 g/mol. The third-order valence-corrected chi connectivity index (χ3v) is 2.39. The Labute approximate surface area is 106 Å². The number of rotatable bonds is 4. The van der Waals surface area contributed by atoms with Crippen LogP contribution >= 0.6 is 0 Å². The van der Waals surface area contributed by atoms with Crippen molar-refractivity contribution in [2.45, 2.75) is 34.1 Å². The fourth-order valence-electron chi connectivity index (χ4n) is 1.63. The van der Waals surface area contributed by atoms with Gasteiger partial charge in [-0.3, -0.25) is 4.79 Å². The third kappa shape index (κ3) is 2.88. The molecule has 6 nitrogen and oxygen atoms in total. The quantitative estimate of drug-likeness (QED) is 0.824. The minimum atomic E-state index is -0.545. The molecule has 1 rings (SSSR count). The molecule has 1 aromatic heterocycles. The van der Waals surface area contributed by atoms with E-state index in [-0.39, 0.29) is 29.8 Å². The van der Waals surface area contributed by atoms with Crippen LogP contribution in [0.15, 0.2) is 0 Å². The first-order valence-corrected chi connectivity index (χ1v) is 5.93. The molecule has 0 radical (unpaired) electrons. The summed E-state index contributed by atoms with van der Waals surface area (Å²) >= 11 is 0. The molecule has 0 bridgehead atoms. The maximum absolute atomic E-state index is 11.9. The third-order valence-electron chi connectivity index (χ3n) is 2.39. The van der Waals surface area contributed by atoms with Gasteiger partial charge in [0.05, 0.1) is 12.3 Å². The predicted octanol–water partition coefficient (Wildman–Crippen LogP) is 1.64. The zero-order chi connectivity index (χ0) is 13.9. The summed E-state index contributed by atoms with van der Waals surface area (Å²) in [6, 6.07) is 0. The number of ether oxygens (including phenoxy) is 1. The number of nitrogens with zero attached hydrogens (tertiary/aromatic N) is 2. The summed E-state index contributed by atoms with van der Waals surface area (Å²) in [6.45, 7) is 7.44. The minimum absolute atomic E-state index is 0.0524. The molecule has 0 saturated carbocycles. The Balaban J connectivity index is 3.07. The lowest BCUT2D eigenvalue weighted by atomic mass is 10.1. The second-order valence-electron chi connectivity index (χ2n) is 4.47. The van der Waals surface area contributed by atoms with E-state index in [1.54, 1.807) is 13.8 Å². The highest BCUT2D eigenvalue weighted by molar-refractivity contribution is 5.97. The largest absolute Gasteiger partial charge is 0.462 e. The molecule has 0 fully saturated rings. The minimum Gasteiger partial charge on any atom is -0.462 e. The first-order valence-electron chi connectivity index (χ1n) is 5.93. The summed E-state index contributed by atoms with van der Waals surface area (Å²) in [4.78, 5) is 23.6. The van der Waals surface area contributed by atoms with E-state index >= 15 is 0 Å². The number of carbonyl (C=O) groups excluding carboxylic acids is 2. The Morgan fingerprint density at radius 3 is 2.56 bits per heavy atom. The molecule has 0 aliphatic carbocycles. The van der Waals surface area contributed by atoms with Gasteiger partial charge in [-0.25, -0.2) is 4.79 Å². The van der Waals surface area contributed by atoms with Crippen LogP contribution in [-0.2, 0) is 4.74 Å². The summed E-state index contributed by atoms with van der Waals surface area (Å²) in [5.74, 6) is -0.513. The zero-order valence-corrected chi connectivity index (χ0v) is 11.2. The normalized spacial score (nSPS) is 10.7. The highest BCUT2D eigenvalue weighted by atomic mass is 16.5. The predicted molar refractivity (Wildman–Crippen MR) is 67.4 cm³/mol. The molecule has 18 heavy (non-hydrogen) atoms. The van der Waals surface area contributed by atoms with Crippen LogP contribution in [0.5, 0.6) is 0 Å². The maximum Gasteiger partial charge on any atom is 0.343 e. The SMILES string of the molecule is CCOC(=O)c1c(C)nn(C(=O)CC(C)C)c1N. The van der Waals surface area contributed by atoms with Gasteiger partial charge >= 0.3 is 5.97 Å². The van der Waals surface area contributed by atoms with Crippen LogP contribution in [0.2, 0.25) is 0 Å². The molecule has 0 aromatic carbocycles. The maximum atomic E-state index is 11.9. The Hall–Kier alpha value is -1.85. The Bertz CT molecular complexity index is 463. The van der Waals surface area contributed by atoms with Crippen LogP contribution in [0.3, 0.4) is 0 Å². The van der Waals surface area contributed by atoms with Gasteiger partial charge in [0.1, 0.15) is 11.4 Å². The molecular formula is C12H19N3O3. The van der Waals surface area contributed by atoms with E-state index in [0.29, 0.717) is 12.1 Å². The van der Waals surface area contributed by atoms with Crippen molar-refractivity contribution in [3.63, 3.8) is 0 Å². The molecule has 100 valence electrons. The Morgan fingerprint density at radius 1 is 1.44 bits per heavy atom. The van der Waals surface area contributed by atoms with Gasteiger partial charge in [0.15, 0.2) is 0 Å². The number of hydrogen-bond donors (Lipinski definition) is 1. The van der Waals surface area contributed by atoms with Crippen molar-refractivity contribution in [3.8, 4) is 0 Å². The Kier molecular flexibility index (Phi) is 4.47. The van der Waals surface area contributed by atoms with Crippen molar-refractivity contribution in [1.29, 1.82) is 0 Å². The van der Waals surface area contributed by atoms with Gasteiger partial charge in [0, 0.05) is 6.42 Å². The fraction of sp³-hybridized carbons (Fsp3) is 0.583. The number of hydrogen-bond acceptors (Lipinski definition) is 5. The molecule has 2 N–H and O–H groups in total. The van der Waals surface area contributed by atoms with Crippen molar-refractivity contribution >= 4 is 17.7 Å². The summed E-state index contributed by atoms with van der Waals surface area (Å²) < 4.78 is 5.97. The van der Waals surface area contributed by atoms with E-state index in [9.17, 15) is 9.59 Å². The molecule has 0 aliphatic rings. The number of nitrogen functional groups attached to an aromatic ring is 1. The van der Waals surface area contributed by atoms with Gasteiger partial charge in [0.2, 0.25) is 5.91 Å². The molecule has 0 aliphatic heterocycles. The number of carbonyl (C=O) groups is 2. The van der Waals surface area contributed by atoms with Crippen LogP contribution in [0.1, 0.15) is 48.0 Å². The molecule has 0 spiro atoms. The first kappa shape index (κ1) is 14.2. The smallest absolute Gasteiger partial charge is 0.343 e. The first-order chi connectivity index (χ1) is 8.38. The van der Waals surface area contributed by atoms with Crippen LogP contribution in [0.4, 0.5) is 5.82 Å². The van der Waals surface area contributed by atoms with E-state index in [4.69, 9.17) is 10.5 Å². The summed E-state index contributed by atoms with van der Waals surface area (Å²) in [6.07, 6.45) is 0.327. The van der Waals surface area contributed by atoms with Crippen LogP contribution in [-0.4, -0.2) is 28.3 Å².